The van der Waals surface area contributed by atoms with Crippen LogP contribution in [0.15, 0.2) is 43.0 Å². The van der Waals surface area contributed by atoms with Gasteiger partial charge in [-0.1, -0.05) is 12.1 Å². The highest BCUT2D eigenvalue weighted by Gasteiger charge is 2.33. The number of benzene rings is 1. The molecule has 0 saturated heterocycles. The van der Waals surface area contributed by atoms with Gasteiger partial charge >= 0.3 is 6.18 Å². The van der Waals surface area contributed by atoms with Gasteiger partial charge in [0.15, 0.2) is 0 Å². The second-order valence-electron chi connectivity index (χ2n) is 4.00. The Morgan fingerprint density at radius 1 is 1.21 bits per heavy atom. The molecule has 0 bridgehead atoms. The Morgan fingerprint density at radius 2 is 2.00 bits per heavy atom. The number of rotatable bonds is 5. The second-order valence-corrected chi connectivity index (χ2v) is 4.00. The molecule has 0 radical (unpaired) electrons. The van der Waals surface area contributed by atoms with Gasteiger partial charge in [-0.05, 0) is 18.6 Å². The molecule has 102 valence electrons. The Bertz CT molecular complexity index is 509. The zero-order valence-corrected chi connectivity index (χ0v) is 10.1. The molecule has 19 heavy (non-hydrogen) atoms. The van der Waals surface area contributed by atoms with E-state index < -0.39 is 11.7 Å². The van der Waals surface area contributed by atoms with E-state index in [-0.39, 0.29) is 12.4 Å². The fourth-order valence-corrected chi connectivity index (χ4v) is 1.67. The van der Waals surface area contributed by atoms with Crippen LogP contribution in [0.1, 0.15) is 12.0 Å². The predicted octanol–water partition coefficient (Wildman–Crippen LogP) is 3.37. The second kappa shape index (κ2) is 5.77. The van der Waals surface area contributed by atoms with Gasteiger partial charge in [0.1, 0.15) is 5.75 Å². The Kier molecular flexibility index (Phi) is 4.09. The number of alkyl halides is 3. The summed E-state index contributed by atoms with van der Waals surface area (Å²) in [5.74, 6) is -0.124. The monoisotopic (exact) mass is 270 g/mol. The summed E-state index contributed by atoms with van der Waals surface area (Å²) in [6, 6.07) is 5.23. The number of aryl methyl sites for hydroxylation is 1. The van der Waals surface area contributed by atoms with Crippen LogP contribution >= 0.6 is 0 Å². The summed E-state index contributed by atoms with van der Waals surface area (Å²) in [6.07, 6.45) is 1.33. The van der Waals surface area contributed by atoms with E-state index in [1.807, 2.05) is 4.57 Å². The molecule has 0 atom stereocenters. The number of hydrogen-bond acceptors (Lipinski definition) is 2. The minimum atomic E-state index is -4.39. The van der Waals surface area contributed by atoms with Gasteiger partial charge in [0, 0.05) is 18.9 Å². The first-order chi connectivity index (χ1) is 9.07. The first-order valence-electron chi connectivity index (χ1n) is 5.82. The molecular weight excluding hydrogens is 257 g/mol. The lowest BCUT2D eigenvalue weighted by molar-refractivity contribution is -0.138. The largest absolute Gasteiger partial charge is 0.493 e. The highest BCUT2D eigenvalue weighted by molar-refractivity contribution is 5.35. The van der Waals surface area contributed by atoms with Crippen LogP contribution in [0.25, 0.3) is 0 Å². The van der Waals surface area contributed by atoms with Gasteiger partial charge in [-0.2, -0.15) is 13.2 Å². The number of para-hydroxylation sites is 1. The SMILES string of the molecule is FC(F)(F)c1ccccc1OCCCn1ccnc1. The molecule has 0 fully saturated rings. The predicted molar refractivity (Wildman–Crippen MR) is 63.8 cm³/mol. The molecule has 1 aromatic heterocycles. The molecule has 0 amide bonds. The first kappa shape index (κ1) is 13.5. The maximum Gasteiger partial charge on any atom is 0.419 e. The summed E-state index contributed by atoms with van der Waals surface area (Å²) >= 11 is 0. The highest BCUT2D eigenvalue weighted by Crippen LogP contribution is 2.35. The number of ether oxygens (including phenoxy) is 1. The van der Waals surface area contributed by atoms with E-state index >= 15 is 0 Å². The minimum absolute atomic E-state index is 0.124. The smallest absolute Gasteiger partial charge is 0.419 e. The van der Waals surface area contributed by atoms with Crippen molar-refractivity contribution in [2.45, 2.75) is 19.1 Å². The number of aromatic nitrogens is 2. The zero-order chi connectivity index (χ0) is 13.7. The van der Waals surface area contributed by atoms with Crippen molar-refractivity contribution >= 4 is 0 Å². The highest BCUT2D eigenvalue weighted by atomic mass is 19.4. The topological polar surface area (TPSA) is 27.1 Å². The number of nitrogens with zero attached hydrogens (tertiary/aromatic N) is 2. The molecular formula is C13H13F3N2O. The van der Waals surface area contributed by atoms with Crippen molar-refractivity contribution in [2.75, 3.05) is 6.61 Å². The summed E-state index contributed by atoms with van der Waals surface area (Å²) in [5, 5.41) is 0. The summed E-state index contributed by atoms with van der Waals surface area (Å²) in [4.78, 5) is 3.88. The van der Waals surface area contributed by atoms with Crippen LogP contribution < -0.4 is 4.74 Å². The average molecular weight is 270 g/mol. The quantitative estimate of drug-likeness (QED) is 0.779. The van der Waals surface area contributed by atoms with Crippen molar-refractivity contribution in [3.05, 3.63) is 48.5 Å². The van der Waals surface area contributed by atoms with Crippen molar-refractivity contribution in [1.29, 1.82) is 0 Å². The maximum absolute atomic E-state index is 12.7. The van der Waals surface area contributed by atoms with Crippen LogP contribution in [0.5, 0.6) is 5.75 Å². The van der Waals surface area contributed by atoms with Gasteiger partial charge in [0.05, 0.1) is 18.5 Å². The van der Waals surface area contributed by atoms with E-state index in [9.17, 15) is 13.2 Å². The molecule has 0 aliphatic carbocycles. The molecule has 1 aromatic carbocycles. The Morgan fingerprint density at radius 3 is 2.68 bits per heavy atom. The van der Waals surface area contributed by atoms with Crippen molar-refractivity contribution in [1.82, 2.24) is 9.55 Å². The molecule has 0 saturated carbocycles. The third kappa shape index (κ3) is 3.74. The zero-order valence-electron chi connectivity index (χ0n) is 10.1. The van der Waals surface area contributed by atoms with Gasteiger partial charge in [-0.15, -0.1) is 0 Å². The van der Waals surface area contributed by atoms with Crippen LogP contribution in [0.2, 0.25) is 0 Å². The van der Waals surface area contributed by atoms with Crippen molar-refractivity contribution in [3.63, 3.8) is 0 Å². The third-order valence-electron chi connectivity index (χ3n) is 2.57. The van der Waals surface area contributed by atoms with Crippen molar-refractivity contribution < 1.29 is 17.9 Å². The number of halogens is 3. The van der Waals surface area contributed by atoms with Crippen LogP contribution in [0.3, 0.4) is 0 Å². The number of imidazole rings is 1. The van der Waals surface area contributed by atoms with E-state index in [2.05, 4.69) is 4.98 Å². The Balaban J connectivity index is 1.89. The van der Waals surface area contributed by atoms with Crippen LogP contribution in [0.4, 0.5) is 13.2 Å². The third-order valence-corrected chi connectivity index (χ3v) is 2.57. The van der Waals surface area contributed by atoms with E-state index in [1.54, 1.807) is 18.7 Å². The van der Waals surface area contributed by atoms with Crippen molar-refractivity contribution in [2.24, 2.45) is 0 Å². The molecule has 0 unspecified atom stereocenters. The van der Waals surface area contributed by atoms with Crippen LogP contribution in [0, 0.1) is 0 Å². The number of hydrogen-bond donors (Lipinski definition) is 0. The molecule has 0 N–H and O–H groups in total. The molecule has 0 aliphatic heterocycles. The fourth-order valence-electron chi connectivity index (χ4n) is 1.67. The van der Waals surface area contributed by atoms with Crippen LogP contribution in [-0.2, 0) is 12.7 Å². The molecule has 2 rings (SSSR count). The first-order valence-corrected chi connectivity index (χ1v) is 5.82. The summed E-state index contributed by atoms with van der Waals surface area (Å²) in [5.41, 5.74) is -0.738. The molecule has 0 aliphatic rings. The Labute approximate surface area is 108 Å². The van der Waals surface area contributed by atoms with Gasteiger partial charge in [-0.25, -0.2) is 4.98 Å². The van der Waals surface area contributed by atoms with E-state index in [4.69, 9.17) is 4.74 Å². The minimum Gasteiger partial charge on any atom is -0.493 e. The Hall–Kier alpha value is -1.98. The van der Waals surface area contributed by atoms with E-state index in [0.29, 0.717) is 13.0 Å². The molecule has 2 aromatic rings. The molecule has 0 spiro atoms. The molecule has 1 heterocycles. The lowest BCUT2D eigenvalue weighted by atomic mass is 10.2. The maximum atomic E-state index is 12.7. The molecule has 3 nitrogen and oxygen atoms in total. The standard InChI is InChI=1S/C13H13F3N2O/c14-13(15,16)11-4-1-2-5-12(11)19-9-3-7-18-8-6-17-10-18/h1-2,4-6,8,10H,3,7,9H2. The lowest BCUT2D eigenvalue weighted by Gasteiger charge is -2.13. The average Bonchev–Trinajstić information content (AvgIpc) is 2.87. The summed E-state index contributed by atoms with van der Waals surface area (Å²) in [6.45, 7) is 0.888. The van der Waals surface area contributed by atoms with Gasteiger partial charge in [-0.3, -0.25) is 0 Å². The van der Waals surface area contributed by atoms with Crippen LogP contribution in [-0.4, -0.2) is 16.2 Å². The molecule has 6 heteroatoms. The van der Waals surface area contributed by atoms with Gasteiger partial charge in [0.2, 0.25) is 0 Å². The summed E-state index contributed by atoms with van der Waals surface area (Å²) < 4.78 is 45.1. The summed E-state index contributed by atoms with van der Waals surface area (Å²) in [7, 11) is 0. The van der Waals surface area contributed by atoms with Crippen molar-refractivity contribution in [3.8, 4) is 5.75 Å². The van der Waals surface area contributed by atoms with E-state index in [1.165, 1.54) is 18.2 Å². The lowest BCUT2D eigenvalue weighted by Crippen LogP contribution is -2.10. The van der Waals surface area contributed by atoms with E-state index in [0.717, 1.165) is 6.07 Å². The normalized spacial score (nSPS) is 11.5. The van der Waals surface area contributed by atoms with Gasteiger partial charge < -0.3 is 9.30 Å². The fraction of sp³-hybridized carbons (Fsp3) is 0.308. The van der Waals surface area contributed by atoms with Gasteiger partial charge in [0.25, 0.3) is 0 Å².